The Bertz CT molecular complexity index is 692. The maximum atomic E-state index is 12.6. The summed E-state index contributed by atoms with van der Waals surface area (Å²) in [5.74, 6) is 0.546. The fourth-order valence-corrected chi connectivity index (χ4v) is 6.56. The molecule has 1 rings (SSSR count). The zero-order valence-electron chi connectivity index (χ0n) is 30.8. The van der Waals surface area contributed by atoms with Gasteiger partial charge in [-0.3, -0.25) is 4.79 Å². The molecule has 0 saturated heterocycles. The topological polar surface area (TPSA) is 126 Å². The van der Waals surface area contributed by atoms with Gasteiger partial charge in [0, 0.05) is 13.0 Å². The van der Waals surface area contributed by atoms with E-state index in [9.17, 15) is 25.2 Å². The highest BCUT2D eigenvalue weighted by Crippen LogP contribution is 2.25. The lowest BCUT2D eigenvalue weighted by Gasteiger charge is -2.24. The monoisotopic (exact) mass is 673 g/mol. The summed E-state index contributed by atoms with van der Waals surface area (Å²) in [5.41, 5.74) is 0. The maximum absolute atomic E-state index is 12.6. The van der Waals surface area contributed by atoms with Crippen molar-refractivity contribution in [2.45, 2.75) is 218 Å². The van der Waals surface area contributed by atoms with Gasteiger partial charge in [-0.15, -0.1) is 0 Å². The average molecular weight is 673 g/mol. The number of unbranched alkanes of at least 4 members (excludes halogenated alkanes) is 19. The van der Waals surface area contributed by atoms with Gasteiger partial charge in [0.2, 0.25) is 0 Å². The first-order chi connectivity index (χ1) is 22.8. The summed E-state index contributed by atoms with van der Waals surface area (Å²) in [6, 6.07) is 0. The van der Waals surface area contributed by atoms with Crippen molar-refractivity contribution in [1.29, 1.82) is 0 Å². The first-order valence-electron chi connectivity index (χ1n) is 19.9. The second-order valence-electron chi connectivity index (χ2n) is 14.5. The fraction of sp³-hybridized carbons (Fsp3) is 0.974. The van der Waals surface area contributed by atoms with E-state index in [-0.39, 0.29) is 19.2 Å². The smallest absolute Gasteiger partial charge is 0.306 e. The van der Waals surface area contributed by atoms with Crippen molar-refractivity contribution in [2.75, 3.05) is 19.8 Å². The van der Waals surface area contributed by atoms with Crippen LogP contribution in [0.25, 0.3) is 0 Å². The van der Waals surface area contributed by atoms with E-state index in [1.54, 1.807) is 0 Å². The molecule has 0 radical (unpaired) electrons. The molecule has 0 bridgehead atoms. The third-order valence-electron chi connectivity index (χ3n) is 9.82. The van der Waals surface area contributed by atoms with E-state index in [0.717, 1.165) is 38.0 Å². The van der Waals surface area contributed by atoms with Crippen molar-refractivity contribution >= 4 is 5.97 Å². The SMILES string of the molecule is CCCCCCCCCCCCCC(=O)O[C@@H](COCCCCCCCCC[C@H](C)CCCCCC)COC1[C@@H](O)[C@H](O)[C@@H](O)[C@@H]1O. The summed E-state index contributed by atoms with van der Waals surface area (Å²) in [6.45, 7) is 7.53. The quantitative estimate of drug-likeness (QED) is 0.0406. The highest BCUT2D eigenvalue weighted by atomic mass is 16.6. The molecule has 6 atom stereocenters. The summed E-state index contributed by atoms with van der Waals surface area (Å²) in [4.78, 5) is 12.6. The van der Waals surface area contributed by atoms with Gasteiger partial charge in [-0.05, 0) is 18.8 Å². The van der Waals surface area contributed by atoms with Gasteiger partial charge in [-0.1, -0.05) is 162 Å². The van der Waals surface area contributed by atoms with E-state index >= 15 is 0 Å². The normalized spacial score (nSPS) is 21.3. The van der Waals surface area contributed by atoms with E-state index in [0.29, 0.717) is 13.0 Å². The summed E-state index contributed by atoms with van der Waals surface area (Å²) < 4.78 is 17.2. The molecule has 1 aliphatic carbocycles. The zero-order valence-corrected chi connectivity index (χ0v) is 30.8. The molecule has 0 heterocycles. The lowest BCUT2D eigenvalue weighted by atomic mass is 9.96. The van der Waals surface area contributed by atoms with Crippen molar-refractivity contribution < 1.29 is 39.4 Å². The predicted octanol–water partition coefficient (Wildman–Crippen LogP) is 8.19. The van der Waals surface area contributed by atoms with Gasteiger partial charge >= 0.3 is 5.97 Å². The number of esters is 1. The summed E-state index contributed by atoms with van der Waals surface area (Å²) >= 11 is 0. The van der Waals surface area contributed by atoms with Gasteiger partial charge < -0.3 is 34.6 Å². The molecule has 4 N–H and O–H groups in total. The van der Waals surface area contributed by atoms with Crippen molar-refractivity contribution in [3.63, 3.8) is 0 Å². The second kappa shape index (κ2) is 30.1. The van der Waals surface area contributed by atoms with E-state index in [2.05, 4.69) is 20.8 Å². The average Bonchev–Trinajstić information content (AvgIpc) is 3.24. The number of carbonyl (C=O) groups is 1. The van der Waals surface area contributed by atoms with Crippen molar-refractivity contribution in [3.8, 4) is 0 Å². The van der Waals surface area contributed by atoms with Crippen LogP contribution < -0.4 is 0 Å². The maximum Gasteiger partial charge on any atom is 0.306 e. The van der Waals surface area contributed by atoms with Gasteiger partial charge in [0.1, 0.15) is 36.6 Å². The van der Waals surface area contributed by atoms with Crippen LogP contribution in [0.5, 0.6) is 0 Å². The number of aliphatic hydroxyl groups is 4. The molecular formula is C39H76O8. The van der Waals surface area contributed by atoms with Crippen LogP contribution in [-0.4, -0.2) is 82.8 Å². The van der Waals surface area contributed by atoms with Gasteiger partial charge in [-0.2, -0.15) is 0 Å². The molecule has 8 nitrogen and oxygen atoms in total. The minimum atomic E-state index is -1.49. The molecule has 1 aliphatic rings. The summed E-state index contributed by atoms with van der Waals surface area (Å²) in [7, 11) is 0. The Morgan fingerprint density at radius 2 is 0.979 bits per heavy atom. The van der Waals surface area contributed by atoms with E-state index < -0.39 is 36.6 Å². The number of hydrogen-bond donors (Lipinski definition) is 4. The molecule has 0 aromatic rings. The molecule has 0 aromatic carbocycles. The Morgan fingerprint density at radius 3 is 1.49 bits per heavy atom. The minimum Gasteiger partial charge on any atom is -0.457 e. The minimum absolute atomic E-state index is 0.0976. The second-order valence-corrected chi connectivity index (χ2v) is 14.5. The van der Waals surface area contributed by atoms with Crippen LogP contribution in [0, 0.1) is 5.92 Å². The van der Waals surface area contributed by atoms with E-state index in [1.165, 1.54) is 122 Å². The van der Waals surface area contributed by atoms with Crippen molar-refractivity contribution in [2.24, 2.45) is 5.92 Å². The van der Waals surface area contributed by atoms with Gasteiger partial charge in [0.15, 0.2) is 0 Å². The number of aliphatic hydroxyl groups excluding tert-OH is 4. The van der Waals surface area contributed by atoms with Gasteiger partial charge in [-0.25, -0.2) is 0 Å². The van der Waals surface area contributed by atoms with Crippen LogP contribution >= 0.6 is 0 Å². The largest absolute Gasteiger partial charge is 0.457 e. The zero-order chi connectivity index (χ0) is 34.5. The standard InChI is InChI=1S/C39H76O8/c1-4-6-8-10-11-12-13-14-17-20-24-28-34(40)47-33(31-46-39-37(43)35(41)36(42)38(39)44)30-45-29-25-21-18-15-16-19-23-27-32(3)26-22-9-7-5-2/h32-33,35-39,41-44H,4-31H2,1-3H3/t32-,33+,35-,36-,37+,38+/m1/s1. The summed E-state index contributed by atoms with van der Waals surface area (Å²) in [6.07, 6.45) is 22.5. The van der Waals surface area contributed by atoms with E-state index in [1.807, 2.05) is 0 Å². The molecule has 0 unspecified atom stereocenters. The van der Waals surface area contributed by atoms with Gasteiger partial charge in [0.05, 0.1) is 13.2 Å². The molecule has 47 heavy (non-hydrogen) atoms. The fourth-order valence-electron chi connectivity index (χ4n) is 6.56. The number of hydrogen-bond acceptors (Lipinski definition) is 8. The van der Waals surface area contributed by atoms with Crippen molar-refractivity contribution in [3.05, 3.63) is 0 Å². The molecule has 0 aromatic heterocycles. The number of ether oxygens (including phenoxy) is 3. The molecule has 0 spiro atoms. The predicted molar refractivity (Wildman–Crippen MR) is 190 cm³/mol. The molecule has 1 saturated carbocycles. The molecule has 0 amide bonds. The third kappa shape index (κ3) is 22.5. The van der Waals surface area contributed by atoms with Crippen LogP contribution in [-0.2, 0) is 19.0 Å². The Morgan fingerprint density at radius 1 is 0.553 bits per heavy atom. The molecule has 280 valence electrons. The lowest BCUT2D eigenvalue weighted by molar-refractivity contribution is -0.163. The van der Waals surface area contributed by atoms with Crippen molar-refractivity contribution in [1.82, 2.24) is 0 Å². The summed E-state index contributed by atoms with van der Waals surface area (Å²) in [5, 5.41) is 40.1. The lowest BCUT2D eigenvalue weighted by Crippen LogP contribution is -2.39. The molecular weight excluding hydrogens is 596 g/mol. The van der Waals surface area contributed by atoms with Crippen LogP contribution in [0.15, 0.2) is 0 Å². The Balaban J connectivity index is 2.24. The highest BCUT2D eigenvalue weighted by molar-refractivity contribution is 5.69. The Hall–Kier alpha value is -0.770. The Labute approximate surface area is 288 Å². The highest BCUT2D eigenvalue weighted by Gasteiger charge is 2.49. The van der Waals surface area contributed by atoms with Crippen LogP contribution in [0.2, 0.25) is 0 Å². The number of rotatable bonds is 33. The molecule has 1 fully saturated rings. The first-order valence-corrected chi connectivity index (χ1v) is 19.9. The van der Waals surface area contributed by atoms with E-state index in [4.69, 9.17) is 14.2 Å². The molecule has 0 aliphatic heterocycles. The number of carbonyl (C=O) groups excluding carboxylic acids is 1. The van der Waals surface area contributed by atoms with Crippen LogP contribution in [0.4, 0.5) is 0 Å². The van der Waals surface area contributed by atoms with Crippen LogP contribution in [0.1, 0.15) is 181 Å². The van der Waals surface area contributed by atoms with Crippen LogP contribution in [0.3, 0.4) is 0 Å². The first kappa shape index (κ1) is 44.3. The van der Waals surface area contributed by atoms with Gasteiger partial charge in [0.25, 0.3) is 0 Å². The molecule has 8 heteroatoms. The third-order valence-corrected chi connectivity index (χ3v) is 9.82. The Kier molecular flexibility index (Phi) is 28.3.